The lowest BCUT2D eigenvalue weighted by Gasteiger charge is -2.14. The fourth-order valence-corrected chi connectivity index (χ4v) is 1.57. The van der Waals surface area contributed by atoms with E-state index in [0.717, 1.165) is 18.7 Å². The predicted molar refractivity (Wildman–Crippen MR) is 78.3 cm³/mol. The average molecular weight is 272 g/mol. The average Bonchev–Trinajstić information content (AvgIpc) is 2.69. The van der Waals surface area contributed by atoms with Gasteiger partial charge >= 0.3 is 0 Å². The Labute approximate surface area is 114 Å². The van der Waals surface area contributed by atoms with Gasteiger partial charge in [0, 0.05) is 24.9 Å². The van der Waals surface area contributed by atoms with Crippen LogP contribution in [-0.2, 0) is 6.42 Å². The molecule has 0 aromatic carbocycles. The van der Waals surface area contributed by atoms with Crippen molar-refractivity contribution in [1.82, 2.24) is 20.6 Å². The van der Waals surface area contributed by atoms with Crippen molar-refractivity contribution in [3.05, 3.63) is 18.2 Å². The summed E-state index contributed by atoms with van der Waals surface area (Å²) in [7, 11) is 0. The second-order valence-electron chi connectivity index (χ2n) is 4.23. The number of thiocarbonyl (C=S) groups is 1. The first-order valence-corrected chi connectivity index (χ1v) is 6.59. The molecule has 1 atom stereocenters. The van der Waals surface area contributed by atoms with E-state index in [2.05, 4.69) is 27.5 Å². The Morgan fingerprint density at radius 3 is 2.50 bits per heavy atom. The largest absolute Gasteiger partial charge is 0.374 e. The molecule has 0 bridgehead atoms. The number of hydrogen-bond acceptors (Lipinski definition) is 3. The summed E-state index contributed by atoms with van der Waals surface area (Å²) in [4.78, 5) is 7.08. The molecule has 1 aromatic heterocycles. The molecule has 0 radical (unpaired) electrons. The maximum Gasteiger partial charge on any atom is 0.168 e. The van der Waals surface area contributed by atoms with Crippen molar-refractivity contribution in [2.75, 3.05) is 0 Å². The number of hydrogen-bond donors (Lipinski definition) is 4. The summed E-state index contributed by atoms with van der Waals surface area (Å²) < 4.78 is 0. The zero-order valence-corrected chi connectivity index (χ0v) is 12.3. The van der Waals surface area contributed by atoms with Gasteiger partial charge in [0.2, 0.25) is 0 Å². The van der Waals surface area contributed by atoms with Crippen LogP contribution in [0, 0.1) is 0 Å². The van der Waals surface area contributed by atoms with Crippen molar-refractivity contribution in [1.29, 1.82) is 0 Å². The third-order valence-electron chi connectivity index (χ3n) is 1.80. The fourth-order valence-electron chi connectivity index (χ4n) is 1.17. The van der Waals surface area contributed by atoms with Crippen LogP contribution in [0.4, 0.5) is 0 Å². The van der Waals surface area contributed by atoms with E-state index in [1.165, 1.54) is 0 Å². The SMILES string of the molecule is CC(C)NC(=S)NC(C)O.CCCc1ncc[nH]1. The van der Waals surface area contributed by atoms with Crippen molar-refractivity contribution < 1.29 is 5.11 Å². The Morgan fingerprint density at radius 2 is 2.11 bits per heavy atom. The molecular formula is C12H24N4OS. The van der Waals surface area contributed by atoms with Gasteiger partial charge < -0.3 is 20.7 Å². The van der Waals surface area contributed by atoms with E-state index in [0.29, 0.717) is 11.2 Å². The van der Waals surface area contributed by atoms with E-state index >= 15 is 0 Å². The summed E-state index contributed by atoms with van der Waals surface area (Å²) in [6.45, 7) is 7.73. The van der Waals surface area contributed by atoms with E-state index in [9.17, 15) is 0 Å². The number of aliphatic hydroxyl groups excluding tert-OH is 1. The molecule has 0 aliphatic carbocycles. The Bertz CT molecular complexity index is 300. The van der Waals surface area contributed by atoms with Crippen LogP contribution in [0.25, 0.3) is 0 Å². The number of aliphatic hydroxyl groups is 1. The number of rotatable bonds is 4. The van der Waals surface area contributed by atoms with Crippen molar-refractivity contribution in [3.8, 4) is 0 Å². The van der Waals surface area contributed by atoms with Crippen LogP contribution in [0.15, 0.2) is 12.4 Å². The lowest BCUT2D eigenvalue weighted by molar-refractivity contribution is 0.180. The van der Waals surface area contributed by atoms with Gasteiger partial charge in [-0.3, -0.25) is 0 Å². The van der Waals surface area contributed by atoms with Gasteiger partial charge in [0.05, 0.1) is 0 Å². The van der Waals surface area contributed by atoms with Crippen LogP contribution >= 0.6 is 12.2 Å². The fraction of sp³-hybridized carbons (Fsp3) is 0.667. The van der Waals surface area contributed by atoms with Crippen molar-refractivity contribution in [2.45, 2.75) is 52.8 Å². The van der Waals surface area contributed by atoms with E-state index in [-0.39, 0.29) is 0 Å². The molecule has 1 aromatic rings. The Hall–Kier alpha value is -1.14. The van der Waals surface area contributed by atoms with Crippen molar-refractivity contribution >= 4 is 17.3 Å². The maximum absolute atomic E-state index is 8.80. The number of H-pyrrole nitrogens is 1. The summed E-state index contributed by atoms with van der Waals surface area (Å²) in [5.74, 6) is 1.09. The minimum atomic E-state index is -0.584. The summed E-state index contributed by atoms with van der Waals surface area (Å²) in [6.07, 6.45) is 5.27. The second-order valence-corrected chi connectivity index (χ2v) is 4.64. The van der Waals surface area contributed by atoms with Crippen molar-refractivity contribution in [3.63, 3.8) is 0 Å². The van der Waals surface area contributed by atoms with Crippen LogP contribution < -0.4 is 10.6 Å². The second kappa shape index (κ2) is 9.85. The highest BCUT2D eigenvalue weighted by atomic mass is 32.1. The number of aromatic amines is 1. The van der Waals surface area contributed by atoms with Crippen LogP contribution in [0.2, 0.25) is 0 Å². The highest BCUT2D eigenvalue weighted by molar-refractivity contribution is 7.80. The van der Waals surface area contributed by atoms with E-state index in [1.807, 2.05) is 20.0 Å². The van der Waals surface area contributed by atoms with Gasteiger partial charge in [-0.15, -0.1) is 0 Å². The minimum Gasteiger partial charge on any atom is -0.374 e. The first-order valence-electron chi connectivity index (χ1n) is 6.19. The topological polar surface area (TPSA) is 73.0 Å². The van der Waals surface area contributed by atoms with Gasteiger partial charge in [-0.25, -0.2) is 4.98 Å². The molecule has 4 N–H and O–H groups in total. The molecule has 1 heterocycles. The molecule has 0 fully saturated rings. The number of aromatic nitrogens is 2. The first kappa shape index (κ1) is 16.9. The highest BCUT2D eigenvalue weighted by Crippen LogP contribution is 1.91. The summed E-state index contributed by atoms with van der Waals surface area (Å²) in [5.41, 5.74) is 0. The first-order chi connectivity index (χ1) is 8.45. The van der Waals surface area contributed by atoms with Gasteiger partial charge in [-0.1, -0.05) is 6.92 Å². The quantitative estimate of drug-likeness (QED) is 0.494. The van der Waals surface area contributed by atoms with Crippen LogP contribution in [0.1, 0.15) is 39.9 Å². The number of nitrogens with one attached hydrogen (secondary N) is 3. The molecule has 0 aliphatic rings. The summed E-state index contributed by atoms with van der Waals surface area (Å²) in [6, 6.07) is 0.304. The summed E-state index contributed by atoms with van der Waals surface area (Å²) >= 11 is 4.82. The maximum atomic E-state index is 8.80. The van der Waals surface area contributed by atoms with Gasteiger partial charge in [0.25, 0.3) is 0 Å². The van der Waals surface area contributed by atoms with Gasteiger partial charge in [-0.2, -0.15) is 0 Å². The van der Waals surface area contributed by atoms with Gasteiger partial charge in [-0.05, 0) is 39.4 Å². The predicted octanol–water partition coefficient (Wildman–Crippen LogP) is 1.56. The van der Waals surface area contributed by atoms with Crippen LogP contribution in [0.3, 0.4) is 0 Å². The number of imidazole rings is 1. The lowest BCUT2D eigenvalue weighted by Crippen LogP contribution is -2.43. The zero-order chi connectivity index (χ0) is 14.0. The van der Waals surface area contributed by atoms with Crippen molar-refractivity contribution in [2.24, 2.45) is 0 Å². The summed E-state index contributed by atoms with van der Waals surface area (Å²) in [5, 5.41) is 14.9. The Balaban J connectivity index is 0.000000327. The smallest absolute Gasteiger partial charge is 0.168 e. The third kappa shape index (κ3) is 10.0. The number of aryl methyl sites for hydroxylation is 1. The Morgan fingerprint density at radius 1 is 1.44 bits per heavy atom. The lowest BCUT2D eigenvalue weighted by atomic mass is 10.3. The molecular weight excluding hydrogens is 248 g/mol. The highest BCUT2D eigenvalue weighted by Gasteiger charge is 1.99. The molecule has 0 aliphatic heterocycles. The zero-order valence-electron chi connectivity index (χ0n) is 11.5. The molecule has 0 saturated carbocycles. The monoisotopic (exact) mass is 272 g/mol. The van der Waals surface area contributed by atoms with Gasteiger partial charge in [0.1, 0.15) is 12.1 Å². The minimum absolute atomic E-state index is 0.304. The molecule has 0 amide bonds. The standard InChI is InChI=1S/C6H14N2OS.C6H10N2/c1-4(2)7-6(10)8-5(3)9;1-2-3-6-7-4-5-8-6/h4-5,9H,1-3H3,(H2,7,8,10);4-5H,2-3H2,1H3,(H,7,8). The Kier molecular flexibility index (Phi) is 9.22. The molecule has 1 rings (SSSR count). The molecule has 5 nitrogen and oxygen atoms in total. The number of nitrogens with zero attached hydrogens (tertiary/aromatic N) is 1. The van der Waals surface area contributed by atoms with Crippen LogP contribution in [-0.4, -0.2) is 32.5 Å². The molecule has 104 valence electrons. The van der Waals surface area contributed by atoms with E-state index in [4.69, 9.17) is 17.3 Å². The molecule has 0 spiro atoms. The molecule has 18 heavy (non-hydrogen) atoms. The molecule has 1 unspecified atom stereocenters. The van der Waals surface area contributed by atoms with E-state index in [1.54, 1.807) is 13.1 Å². The third-order valence-corrected chi connectivity index (χ3v) is 2.04. The molecule has 0 saturated heterocycles. The van der Waals surface area contributed by atoms with Crippen LogP contribution in [0.5, 0.6) is 0 Å². The van der Waals surface area contributed by atoms with Gasteiger partial charge in [0.15, 0.2) is 5.11 Å². The van der Waals surface area contributed by atoms with E-state index < -0.39 is 6.23 Å². The normalized spacial score (nSPS) is 11.4. The molecule has 6 heteroatoms.